The van der Waals surface area contributed by atoms with Crippen molar-refractivity contribution in [3.63, 3.8) is 0 Å². The van der Waals surface area contributed by atoms with Gasteiger partial charge in [0.15, 0.2) is 5.16 Å². The summed E-state index contributed by atoms with van der Waals surface area (Å²) in [4.78, 5) is 14.7. The van der Waals surface area contributed by atoms with E-state index in [2.05, 4.69) is 30.3 Å². The summed E-state index contributed by atoms with van der Waals surface area (Å²) in [7, 11) is 0. The number of rotatable bonds is 6. The lowest BCUT2D eigenvalue weighted by atomic mass is 9.99. The molecule has 5 heteroatoms. The van der Waals surface area contributed by atoms with Gasteiger partial charge in [0.2, 0.25) is 0 Å². The SMILES string of the molecule is CCCC(C)(C)n1ccnc1SCC(=O)O. The number of hydrogen-bond donors (Lipinski definition) is 1. The van der Waals surface area contributed by atoms with Crippen molar-refractivity contribution in [1.82, 2.24) is 9.55 Å². The predicted octanol–water partition coefficient (Wildman–Crippen LogP) is 2.60. The van der Waals surface area contributed by atoms with Crippen LogP contribution in [0.4, 0.5) is 0 Å². The van der Waals surface area contributed by atoms with E-state index in [1.165, 1.54) is 11.8 Å². The third-order valence-corrected chi connectivity index (χ3v) is 3.40. The van der Waals surface area contributed by atoms with Crippen LogP contribution in [0.5, 0.6) is 0 Å². The average Bonchev–Trinajstić information content (AvgIpc) is 2.62. The van der Waals surface area contributed by atoms with E-state index in [9.17, 15) is 4.79 Å². The van der Waals surface area contributed by atoms with Gasteiger partial charge < -0.3 is 9.67 Å². The second-order valence-corrected chi connectivity index (χ2v) is 5.27. The van der Waals surface area contributed by atoms with E-state index in [4.69, 9.17) is 5.11 Å². The molecule has 1 heterocycles. The van der Waals surface area contributed by atoms with Gasteiger partial charge in [-0.25, -0.2) is 4.98 Å². The molecule has 0 atom stereocenters. The Bertz CT molecular complexity index is 361. The molecule has 0 radical (unpaired) electrons. The smallest absolute Gasteiger partial charge is 0.313 e. The molecule has 1 aromatic heterocycles. The molecule has 0 saturated heterocycles. The lowest BCUT2D eigenvalue weighted by Crippen LogP contribution is -2.26. The first-order valence-electron chi connectivity index (χ1n) is 5.36. The normalized spacial score (nSPS) is 11.7. The van der Waals surface area contributed by atoms with Crippen LogP contribution in [-0.4, -0.2) is 26.4 Å². The standard InChI is InChI=1S/C11H18N2O2S/c1-4-5-11(2,3)13-7-6-12-10(13)16-8-9(14)15/h6-7H,4-5,8H2,1-3H3,(H,14,15). The molecule has 4 nitrogen and oxygen atoms in total. The van der Waals surface area contributed by atoms with Crippen LogP contribution < -0.4 is 0 Å². The molecule has 90 valence electrons. The van der Waals surface area contributed by atoms with E-state index in [0.717, 1.165) is 18.0 Å². The highest BCUT2D eigenvalue weighted by atomic mass is 32.2. The lowest BCUT2D eigenvalue weighted by molar-refractivity contribution is -0.133. The van der Waals surface area contributed by atoms with Crippen molar-refractivity contribution in [2.75, 3.05) is 5.75 Å². The Morgan fingerprint density at radius 1 is 1.62 bits per heavy atom. The highest BCUT2D eigenvalue weighted by Crippen LogP contribution is 2.27. The maximum atomic E-state index is 10.5. The van der Waals surface area contributed by atoms with Crippen LogP contribution in [0.15, 0.2) is 17.6 Å². The quantitative estimate of drug-likeness (QED) is 0.779. The summed E-state index contributed by atoms with van der Waals surface area (Å²) in [6, 6.07) is 0. The van der Waals surface area contributed by atoms with Gasteiger partial charge in [-0.3, -0.25) is 4.79 Å². The fraction of sp³-hybridized carbons (Fsp3) is 0.636. The molecule has 0 aliphatic carbocycles. The van der Waals surface area contributed by atoms with Crippen LogP contribution in [0.25, 0.3) is 0 Å². The number of thioether (sulfide) groups is 1. The van der Waals surface area contributed by atoms with Gasteiger partial charge >= 0.3 is 5.97 Å². The van der Waals surface area contributed by atoms with Crippen molar-refractivity contribution in [3.05, 3.63) is 12.4 Å². The number of imidazole rings is 1. The first-order chi connectivity index (χ1) is 7.47. The summed E-state index contributed by atoms with van der Waals surface area (Å²) in [6.07, 6.45) is 5.78. The zero-order chi connectivity index (χ0) is 12.2. The van der Waals surface area contributed by atoms with Crippen LogP contribution in [0.1, 0.15) is 33.6 Å². The topological polar surface area (TPSA) is 55.1 Å². The van der Waals surface area contributed by atoms with E-state index in [0.29, 0.717) is 0 Å². The minimum Gasteiger partial charge on any atom is -0.481 e. The first kappa shape index (κ1) is 13.1. The fourth-order valence-corrected chi connectivity index (χ4v) is 2.55. The molecule has 0 saturated carbocycles. The maximum Gasteiger partial charge on any atom is 0.313 e. The molecule has 0 unspecified atom stereocenters. The van der Waals surface area contributed by atoms with E-state index < -0.39 is 5.97 Å². The number of carboxylic acid groups (broad SMARTS) is 1. The summed E-state index contributed by atoms with van der Waals surface area (Å²) >= 11 is 1.27. The molecular formula is C11H18N2O2S. The van der Waals surface area contributed by atoms with Gasteiger partial charge in [0.05, 0.1) is 5.75 Å². The molecule has 1 N–H and O–H groups in total. The van der Waals surface area contributed by atoms with E-state index >= 15 is 0 Å². The molecule has 0 aliphatic heterocycles. The monoisotopic (exact) mass is 242 g/mol. The second kappa shape index (κ2) is 5.39. The lowest BCUT2D eigenvalue weighted by Gasteiger charge is -2.27. The van der Waals surface area contributed by atoms with Crippen molar-refractivity contribution >= 4 is 17.7 Å². The van der Waals surface area contributed by atoms with Gasteiger partial charge in [0.1, 0.15) is 0 Å². The molecule has 16 heavy (non-hydrogen) atoms. The Hall–Kier alpha value is -0.970. The largest absolute Gasteiger partial charge is 0.481 e. The zero-order valence-electron chi connectivity index (χ0n) is 9.93. The Labute approximate surface area is 100 Å². The molecule has 0 spiro atoms. The highest BCUT2D eigenvalue weighted by molar-refractivity contribution is 7.99. The number of carbonyl (C=O) groups is 1. The van der Waals surface area contributed by atoms with E-state index in [-0.39, 0.29) is 11.3 Å². The molecule has 0 amide bonds. The van der Waals surface area contributed by atoms with Gasteiger partial charge in [0, 0.05) is 17.9 Å². The average molecular weight is 242 g/mol. The van der Waals surface area contributed by atoms with Crippen LogP contribution in [0.3, 0.4) is 0 Å². The maximum absolute atomic E-state index is 10.5. The van der Waals surface area contributed by atoms with E-state index in [1.807, 2.05) is 6.20 Å². The minimum atomic E-state index is -0.812. The van der Waals surface area contributed by atoms with E-state index in [1.54, 1.807) is 6.20 Å². The van der Waals surface area contributed by atoms with Gasteiger partial charge in [-0.2, -0.15) is 0 Å². The fourth-order valence-electron chi connectivity index (χ4n) is 1.72. The molecule has 1 rings (SSSR count). The predicted molar refractivity (Wildman–Crippen MR) is 64.8 cm³/mol. The number of carboxylic acids is 1. The molecule has 0 aliphatic rings. The van der Waals surface area contributed by atoms with Gasteiger partial charge in [-0.15, -0.1) is 0 Å². The van der Waals surface area contributed by atoms with Crippen LogP contribution in [0, 0.1) is 0 Å². The highest BCUT2D eigenvalue weighted by Gasteiger charge is 2.22. The molecule has 0 fully saturated rings. The van der Waals surface area contributed by atoms with Crippen molar-refractivity contribution in [2.45, 2.75) is 44.3 Å². The van der Waals surface area contributed by atoms with Crippen LogP contribution >= 0.6 is 11.8 Å². The van der Waals surface area contributed by atoms with Crippen molar-refractivity contribution in [3.8, 4) is 0 Å². The summed E-state index contributed by atoms with van der Waals surface area (Å²) in [5.41, 5.74) is -0.00785. The van der Waals surface area contributed by atoms with Gasteiger partial charge in [-0.1, -0.05) is 25.1 Å². The number of nitrogens with zero attached hydrogens (tertiary/aromatic N) is 2. The van der Waals surface area contributed by atoms with Crippen molar-refractivity contribution < 1.29 is 9.90 Å². The van der Waals surface area contributed by atoms with Crippen LogP contribution in [-0.2, 0) is 10.3 Å². The Balaban J connectivity index is 2.80. The summed E-state index contributed by atoms with van der Waals surface area (Å²) in [5, 5.41) is 9.43. The summed E-state index contributed by atoms with van der Waals surface area (Å²) < 4.78 is 2.06. The number of aliphatic carboxylic acids is 1. The molecule has 0 aromatic carbocycles. The Morgan fingerprint density at radius 2 is 2.31 bits per heavy atom. The zero-order valence-corrected chi connectivity index (χ0v) is 10.8. The van der Waals surface area contributed by atoms with Crippen molar-refractivity contribution in [2.24, 2.45) is 0 Å². The molecular weight excluding hydrogens is 224 g/mol. The summed E-state index contributed by atoms with van der Waals surface area (Å²) in [6.45, 7) is 6.43. The van der Waals surface area contributed by atoms with Crippen molar-refractivity contribution in [1.29, 1.82) is 0 Å². The summed E-state index contributed by atoms with van der Waals surface area (Å²) in [5.74, 6) is -0.757. The first-order valence-corrected chi connectivity index (χ1v) is 6.34. The molecule has 1 aromatic rings. The third kappa shape index (κ3) is 3.27. The van der Waals surface area contributed by atoms with Crippen LogP contribution in [0.2, 0.25) is 0 Å². The van der Waals surface area contributed by atoms with Gasteiger partial charge in [0.25, 0.3) is 0 Å². The second-order valence-electron chi connectivity index (χ2n) is 4.32. The number of aromatic nitrogens is 2. The Kier molecular flexibility index (Phi) is 4.41. The third-order valence-electron chi connectivity index (χ3n) is 2.45. The molecule has 0 bridgehead atoms. The minimum absolute atomic E-state index is 0.00785. The Morgan fingerprint density at radius 3 is 2.88 bits per heavy atom. The van der Waals surface area contributed by atoms with Gasteiger partial charge in [-0.05, 0) is 20.3 Å². The number of hydrogen-bond acceptors (Lipinski definition) is 3.